The summed E-state index contributed by atoms with van der Waals surface area (Å²) in [6.07, 6.45) is 2.29. The largest absolute Gasteiger partial charge is 0.313 e. The second-order valence-corrected chi connectivity index (χ2v) is 2.41. The Morgan fingerprint density at radius 3 is 3.10 bits per heavy atom. The number of nitrogens with one attached hydrogen (secondary N) is 3. The van der Waals surface area contributed by atoms with Crippen LogP contribution in [0.2, 0.25) is 0 Å². The van der Waals surface area contributed by atoms with Gasteiger partial charge in [-0.3, -0.25) is 10.6 Å². The zero-order chi connectivity index (χ0) is 7.23. The second kappa shape index (κ2) is 4.44. The van der Waals surface area contributed by atoms with Crippen LogP contribution in [-0.2, 0) is 0 Å². The predicted octanol–water partition coefficient (Wildman–Crippen LogP) is -0.719. The Labute approximate surface area is 61.9 Å². The first kappa shape index (κ1) is 7.72. The van der Waals surface area contributed by atoms with Gasteiger partial charge in [0.15, 0.2) is 0 Å². The average Bonchev–Trinajstić information content (AvgIpc) is 2.03. The molecule has 1 aliphatic heterocycles. The van der Waals surface area contributed by atoms with E-state index in [1.54, 1.807) is 0 Å². The lowest BCUT2D eigenvalue weighted by Gasteiger charge is -2.24. The third-order valence-corrected chi connectivity index (χ3v) is 1.55. The van der Waals surface area contributed by atoms with Crippen molar-refractivity contribution in [2.45, 2.75) is 6.17 Å². The minimum Gasteiger partial charge on any atom is -0.313 e. The van der Waals surface area contributed by atoms with Gasteiger partial charge in [-0.15, -0.1) is 6.58 Å². The molecule has 0 aliphatic carbocycles. The molecule has 58 valence electrons. The smallest absolute Gasteiger partial charge is 0.0703 e. The van der Waals surface area contributed by atoms with E-state index in [1.807, 2.05) is 6.08 Å². The van der Waals surface area contributed by atoms with E-state index in [9.17, 15) is 0 Å². The van der Waals surface area contributed by atoms with Gasteiger partial charge in [0.25, 0.3) is 0 Å². The van der Waals surface area contributed by atoms with Crippen LogP contribution in [0.15, 0.2) is 12.7 Å². The lowest BCUT2D eigenvalue weighted by molar-refractivity contribution is 0.371. The molecule has 0 amide bonds. The Balaban J connectivity index is 2.07. The van der Waals surface area contributed by atoms with Gasteiger partial charge in [-0.25, -0.2) is 0 Å². The molecule has 1 fully saturated rings. The van der Waals surface area contributed by atoms with Gasteiger partial charge in [0.2, 0.25) is 0 Å². The van der Waals surface area contributed by atoms with Gasteiger partial charge < -0.3 is 5.32 Å². The molecule has 0 bridgehead atoms. The van der Waals surface area contributed by atoms with Crippen molar-refractivity contribution in [2.75, 3.05) is 26.2 Å². The van der Waals surface area contributed by atoms with Crippen molar-refractivity contribution in [3.8, 4) is 0 Å². The Morgan fingerprint density at radius 2 is 2.50 bits per heavy atom. The molecule has 1 atom stereocenters. The first-order chi connectivity index (χ1) is 4.93. The molecule has 1 rings (SSSR count). The number of hydrogen-bond donors (Lipinski definition) is 3. The lowest BCUT2D eigenvalue weighted by Crippen LogP contribution is -2.55. The molecular formula is C7H15N3. The van der Waals surface area contributed by atoms with E-state index in [4.69, 9.17) is 0 Å². The zero-order valence-corrected chi connectivity index (χ0v) is 6.19. The number of rotatable bonds is 3. The van der Waals surface area contributed by atoms with Gasteiger partial charge in [-0.2, -0.15) is 0 Å². The molecule has 1 saturated heterocycles. The van der Waals surface area contributed by atoms with Gasteiger partial charge >= 0.3 is 0 Å². The maximum Gasteiger partial charge on any atom is 0.0703 e. The highest BCUT2D eigenvalue weighted by atomic mass is 15.2. The summed E-state index contributed by atoms with van der Waals surface area (Å²) in [7, 11) is 0. The van der Waals surface area contributed by atoms with Crippen LogP contribution in [0.1, 0.15) is 0 Å². The number of piperazine rings is 1. The molecule has 0 aromatic rings. The normalized spacial score (nSPS) is 26.2. The maximum atomic E-state index is 3.63. The van der Waals surface area contributed by atoms with Crippen LogP contribution in [-0.4, -0.2) is 32.3 Å². The molecule has 10 heavy (non-hydrogen) atoms. The summed E-state index contributed by atoms with van der Waals surface area (Å²) in [6, 6.07) is 0. The minimum atomic E-state index is 0.423. The molecule has 0 radical (unpaired) electrons. The standard InChI is InChI=1S/C7H15N3/c1-2-3-9-7-6-8-4-5-10-7/h2,7-10H,1,3-6H2. The van der Waals surface area contributed by atoms with Crippen molar-refractivity contribution in [2.24, 2.45) is 0 Å². The minimum absolute atomic E-state index is 0.423. The van der Waals surface area contributed by atoms with Crippen LogP contribution in [0.5, 0.6) is 0 Å². The summed E-state index contributed by atoms with van der Waals surface area (Å²) >= 11 is 0. The topological polar surface area (TPSA) is 36.1 Å². The summed E-state index contributed by atoms with van der Waals surface area (Å²) in [5.41, 5.74) is 0. The van der Waals surface area contributed by atoms with E-state index in [1.165, 1.54) is 0 Å². The van der Waals surface area contributed by atoms with Crippen LogP contribution in [0, 0.1) is 0 Å². The van der Waals surface area contributed by atoms with Crippen LogP contribution in [0.3, 0.4) is 0 Å². The Kier molecular flexibility index (Phi) is 3.43. The molecular weight excluding hydrogens is 126 g/mol. The maximum absolute atomic E-state index is 3.63. The number of hydrogen-bond acceptors (Lipinski definition) is 3. The quantitative estimate of drug-likeness (QED) is 0.454. The summed E-state index contributed by atoms with van der Waals surface area (Å²) in [5, 5.41) is 9.90. The fourth-order valence-corrected chi connectivity index (χ4v) is 1.02. The van der Waals surface area contributed by atoms with Crippen LogP contribution in [0.25, 0.3) is 0 Å². The fourth-order valence-electron chi connectivity index (χ4n) is 1.02. The average molecular weight is 141 g/mol. The molecule has 1 unspecified atom stereocenters. The molecule has 1 heterocycles. The Bertz CT molecular complexity index is 97.0. The van der Waals surface area contributed by atoms with Gasteiger partial charge in [0.05, 0.1) is 6.17 Å². The zero-order valence-electron chi connectivity index (χ0n) is 6.19. The fraction of sp³-hybridized carbons (Fsp3) is 0.714. The first-order valence-electron chi connectivity index (χ1n) is 3.72. The van der Waals surface area contributed by atoms with Crippen molar-refractivity contribution < 1.29 is 0 Å². The highest BCUT2D eigenvalue weighted by Crippen LogP contribution is 1.80. The van der Waals surface area contributed by atoms with E-state index in [0.29, 0.717) is 6.17 Å². The van der Waals surface area contributed by atoms with E-state index in [-0.39, 0.29) is 0 Å². The van der Waals surface area contributed by atoms with Crippen LogP contribution < -0.4 is 16.0 Å². The van der Waals surface area contributed by atoms with Crippen LogP contribution in [0.4, 0.5) is 0 Å². The van der Waals surface area contributed by atoms with Gasteiger partial charge in [-0.05, 0) is 0 Å². The molecule has 3 nitrogen and oxygen atoms in total. The van der Waals surface area contributed by atoms with E-state index in [2.05, 4.69) is 22.5 Å². The summed E-state index contributed by atoms with van der Waals surface area (Å²) in [6.45, 7) is 7.64. The van der Waals surface area contributed by atoms with Crippen molar-refractivity contribution in [3.63, 3.8) is 0 Å². The van der Waals surface area contributed by atoms with Crippen molar-refractivity contribution in [1.29, 1.82) is 0 Å². The van der Waals surface area contributed by atoms with Crippen molar-refractivity contribution in [3.05, 3.63) is 12.7 Å². The highest BCUT2D eigenvalue weighted by Gasteiger charge is 2.08. The van der Waals surface area contributed by atoms with Gasteiger partial charge in [-0.1, -0.05) is 6.08 Å². The SMILES string of the molecule is C=CCNC1CNCCN1. The summed E-state index contributed by atoms with van der Waals surface area (Å²) < 4.78 is 0. The van der Waals surface area contributed by atoms with Crippen molar-refractivity contribution >= 4 is 0 Å². The van der Waals surface area contributed by atoms with Crippen LogP contribution >= 0.6 is 0 Å². The Hall–Kier alpha value is -0.380. The third kappa shape index (κ3) is 2.47. The lowest BCUT2D eigenvalue weighted by atomic mass is 10.3. The molecule has 1 aliphatic rings. The van der Waals surface area contributed by atoms with E-state index >= 15 is 0 Å². The Morgan fingerprint density at radius 1 is 1.60 bits per heavy atom. The molecule has 0 aromatic heterocycles. The predicted molar refractivity (Wildman–Crippen MR) is 42.9 cm³/mol. The highest BCUT2D eigenvalue weighted by molar-refractivity contribution is 4.77. The molecule has 0 spiro atoms. The second-order valence-electron chi connectivity index (χ2n) is 2.41. The molecule has 3 N–H and O–H groups in total. The monoisotopic (exact) mass is 141 g/mol. The first-order valence-corrected chi connectivity index (χ1v) is 3.72. The summed E-state index contributed by atoms with van der Waals surface area (Å²) in [5.74, 6) is 0. The van der Waals surface area contributed by atoms with Crippen molar-refractivity contribution in [1.82, 2.24) is 16.0 Å². The molecule has 0 saturated carbocycles. The summed E-state index contributed by atoms with van der Waals surface area (Å²) in [4.78, 5) is 0. The molecule has 3 heteroatoms. The molecule has 0 aromatic carbocycles. The van der Waals surface area contributed by atoms with Gasteiger partial charge in [0, 0.05) is 26.2 Å². The van der Waals surface area contributed by atoms with Gasteiger partial charge in [0.1, 0.15) is 0 Å². The van der Waals surface area contributed by atoms with E-state index < -0.39 is 0 Å². The van der Waals surface area contributed by atoms with E-state index in [0.717, 1.165) is 26.2 Å². The third-order valence-electron chi connectivity index (χ3n) is 1.55.